The highest BCUT2D eigenvalue weighted by Gasteiger charge is 2.63. The van der Waals surface area contributed by atoms with Crippen LogP contribution in [0.2, 0.25) is 0 Å². The summed E-state index contributed by atoms with van der Waals surface area (Å²) >= 11 is 0. The van der Waals surface area contributed by atoms with E-state index >= 15 is 0 Å². The van der Waals surface area contributed by atoms with E-state index in [0.717, 1.165) is 162 Å². The largest absolute Gasteiger partial charge is 0.634 e. The van der Waals surface area contributed by atoms with Gasteiger partial charge in [0.25, 0.3) is 0 Å². The molecule has 0 amide bonds. The first-order valence-electron chi connectivity index (χ1n) is 29.4. The highest BCUT2D eigenvalue weighted by Crippen LogP contribution is 2.63. The molecule has 0 unspecified atom stereocenters. The van der Waals surface area contributed by atoms with Crippen molar-refractivity contribution in [1.82, 2.24) is 0 Å². The van der Waals surface area contributed by atoms with Gasteiger partial charge in [-0.15, -0.1) is 0 Å². The molecule has 21 heteroatoms. The van der Waals surface area contributed by atoms with E-state index < -0.39 is 49.7 Å². The first-order valence-corrected chi connectivity index (χ1v) is 29.4. The normalized spacial score (nSPS) is 16.5. The molecule has 0 spiro atoms. The summed E-state index contributed by atoms with van der Waals surface area (Å²) in [7, 11) is -5.46. The van der Waals surface area contributed by atoms with E-state index in [9.17, 15) is 0 Å². The molecule has 14 nitrogen and oxygen atoms in total. The first-order chi connectivity index (χ1) is 43.1. The second-order valence-corrected chi connectivity index (χ2v) is 24.2. The van der Waals surface area contributed by atoms with Crippen LogP contribution in [0.25, 0.3) is 89.0 Å². The Kier molecular flexibility index (Phi) is 6.85. The van der Waals surface area contributed by atoms with Crippen LogP contribution >= 0.6 is 0 Å². The second kappa shape index (κ2) is 13.9. The van der Waals surface area contributed by atoms with Crippen molar-refractivity contribution in [2.75, 3.05) is 9.62 Å². The van der Waals surface area contributed by atoms with Crippen molar-refractivity contribution in [3.8, 4) is 158 Å². The van der Waals surface area contributed by atoms with E-state index in [2.05, 4.69) is 88.5 Å². The summed E-state index contributed by atoms with van der Waals surface area (Å²) in [6.07, 6.45) is 0. The minimum absolute atomic E-state index is 0.606. The van der Waals surface area contributed by atoms with Crippen LogP contribution in [0.5, 0.6) is 69.0 Å². The van der Waals surface area contributed by atoms with Crippen molar-refractivity contribution in [1.29, 1.82) is 0 Å². The molecule has 14 aliphatic rings. The summed E-state index contributed by atoms with van der Waals surface area (Å²) in [5.74, 6) is 7.90. The van der Waals surface area contributed by atoms with Gasteiger partial charge in [-0.3, -0.25) is 0 Å². The zero-order chi connectivity index (χ0) is 55.3. The summed E-state index contributed by atoms with van der Waals surface area (Å²) in [6.45, 7) is 0. The number of nitrogens with zero attached hydrogens (tertiary/aromatic N) is 2. The zero-order valence-corrected chi connectivity index (χ0v) is 44.9. The van der Waals surface area contributed by atoms with Gasteiger partial charge in [0.1, 0.15) is 69.0 Å². The topological polar surface area (TPSA) is 117 Å². The van der Waals surface area contributed by atoms with E-state index in [4.69, 9.17) is 55.9 Å². The lowest BCUT2D eigenvalue weighted by atomic mass is 9.50. The fourth-order valence-electron chi connectivity index (χ4n) is 17.2. The van der Waals surface area contributed by atoms with Crippen LogP contribution in [0.4, 0.5) is 22.7 Å². The van der Waals surface area contributed by atoms with Crippen LogP contribution in [-0.4, -0.2) is 49.7 Å². The van der Waals surface area contributed by atoms with Crippen LogP contribution < -0.4 is 104 Å². The van der Waals surface area contributed by atoms with Gasteiger partial charge in [-0.1, -0.05) is 84.9 Å². The molecule has 0 N–H and O–H groups in total. The number of para-hydroxylation sites is 4. The Balaban J connectivity index is 0.758. The molecular formula is C66H27B7N2O12. The maximum Gasteiger partial charge on any atom is 0.634 e. The maximum absolute atomic E-state index is 7.67. The highest BCUT2D eigenvalue weighted by atomic mass is 16.6. The molecule has 0 bridgehead atoms. The van der Waals surface area contributed by atoms with Crippen molar-refractivity contribution in [2.24, 2.45) is 0 Å². The maximum atomic E-state index is 7.67. The third-order valence-electron chi connectivity index (χ3n) is 20.3. The fraction of sp³-hybridized carbons (Fsp3) is 0. The van der Waals surface area contributed by atoms with E-state index in [0.29, 0.717) is 57.5 Å². The zero-order valence-electron chi connectivity index (χ0n) is 44.9. The predicted molar refractivity (Wildman–Crippen MR) is 332 cm³/mol. The SMILES string of the molecule is c1ccc(N2B3Oc4cc5c6c7c4-c4c(cc8c(c43)-c3c2cc2c4c3B(O8)Oc3cc8c9c(c3-4)B(Oc3cc4c%10c(c3-9)B(Oc3ccc9c(c3-%10)B(Oc3ccccc3-9)O4)O8)N2c2ccccc2)OB7Oc2ccc3c(c2-6)B(Oc2ccccc2-3)O5)cc1. The number of hydrogen-bond donors (Lipinski definition) is 0. The van der Waals surface area contributed by atoms with Crippen molar-refractivity contribution in [2.45, 2.75) is 0 Å². The van der Waals surface area contributed by atoms with Gasteiger partial charge in [0.15, 0.2) is 0 Å². The standard InChI is InChI=1S/C66H27B7N2O12/c1-3-11-28(12-4-1)74-34-23-35-49-53-43(27-45-55-57-41(77-68(63(53)55)75(35)29-13-5-2-6-14-29)25-47-59-51-39(81-73(87-45)66(57)59)22-20-33-31-16-8-10-18-37(31)79-70(83-47)61(33)51)85-71-64(49)48(34)52-42(84-71)26-44-54-56-40(76-67(74)62(52)54)24-46-58-50-38(80-72(86-44)65(56)58)21-19-32-30-15-7-9-17-36(30)78-69(82-46)60(32)50/h1-27H. The third-order valence-corrected chi connectivity index (χ3v) is 20.3. The molecule has 0 saturated carbocycles. The lowest BCUT2D eigenvalue weighted by molar-refractivity contribution is 0.413. The third kappa shape index (κ3) is 4.67. The van der Waals surface area contributed by atoms with Crippen LogP contribution in [0.1, 0.15) is 0 Å². The smallest absolute Gasteiger partial charge is 0.537 e. The van der Waals surface area contributed by atoms with Gasteiger partial charge in [-0.05, 0) is 65.7 Å². The Labute approximate surface area is 495 Å². The van der Waals surface area contributed by atoms with Crippen molar-refractivity contribution in [3.05, 3.63) is 164 Å². The Morgan fingerprint density at radius 1 is 0.207 bits per heavy atom. The Morgan fingerprint density at radius 3 is 0.920 bits per heavy atom. The van der Waals surface area contributed by atoms with Gasteiger partial charge in [0.05, 0.1) is 0 Å². The van der Waals surface area contributed by atoms with Gasteiger partial charge in [0.2, 0.25) is 0 Å². The van der Waals surface area contributed by atoms with Gasteiger partial charge in [0, 0.05) is 163 Å². The van der Waals surface area contributed by atoms with Crippen LogP contribution in [0, 0.1) is 0 Å². The summed E-state index contributed by atoms with van der Waals surface area (Å²) in [5, 5.41) is 0. The summed E-state index contributed by atoms with van der Waals surface area (Å²) in [5.41, 5.74) is 25.3. The fourth-order valence-corrected chi connectivity index (χ4v) is 17.2. The molecule has 394 valence electrons. The first kappa shape index (κ1) is 42.8. The van der Waals surface area contributed by atoms with E-state index in [1.807, 2.05) is 84.9 Å². The van der Waals surface area contributed by atoms with Gasteiger partial charge in [-0.25, -0.2) is 0 Å². The van der Waals surface area contributed by atoms with Crippen molar-refractivity contribution < 1.29 is 55.9 Å². The average molecular weight is 1120 g/mol. The summed E-state index contributed by atoms with van der Waals surface area (Å²) in [4.78, 5) is 4.64. The molecule has 25 rings (SSSR count). The van der Waals surface area contributed by atoms with E-state index in [-0.39, 0.29) is 0 Å². The van der Waals surface area contributed by atoms with E-state index in [1.54, 1.807) is 0 Å². The Morgan fingerprint density at radius 2 is 0.506 bits per heavy atom. The molecule has 0 atom stereocenters. The highest BCUT2D eigenvalue weighted by molar-refractivity contribution is 6.84. The molecule has 14 heterocycles. The number of anilines is 4. The lowest BCUT2D eigenvalue weighted by Gasteiger charge is -2.50. The number of benzene rings is 11. The monoisotopic (exact) mass is 1120 g/mol. The molecule has 0 fully saturated rings. The molecule has 11 aromatic rings. The van der Waals surface area contributed by atoms with Gasteiger partial charge >= 0.3 is 49.7 Å². The average Bonchev–Trinajstić information content (AvgIpc) is 0.675. The quantitative estimate of drug-likeness (QED) is 0.156. The molecule has 0 saturated heterocycles. The minimum Gasteiger partial charge on any atom is -0.537 e. The predicted octanol–water partition coefficient (Wildman–Crippen LogP) is 7.90. The summed E-state index contributed by atoms with van der Waals surface area (Å²) < 4.78 is 86.0. The van der Waals surface area contributed by atoms with Crippen molar-refractivity contribution >= 4 is 111 Å². The molecule has 0 radical (unpaired) electrons. The number of hydrogen-bond acceptors (Lipinski definition) is 14. The number of fused-ring (bicyclic) bond motifs is 4. The van der Waals surface area contributed by atoms with Crippen molar-refractivity contribution in [3.63, 3.8) is 0 Å². The molecule has 0 aliphatic carbocycles. The molecule has 0 aromatic heterocycles. The van der Waals surface area contributed by atoms with Gasteiger partial charge < -0.3 is 65.5 Å². The van der Waals surface area contributed by atoms with Gasteiger partial charge in [-0.2, -0.15) is 0 Å². The Hall–Kier alpha value is -10.9. The van der Waals surface area contributed by atoms with Crippen LogP contribution in [-0.2, 0) is 0 Å². The molecule has 14 aliphatic heterocycles. The second-order valence-electron chi connectivity index (χ2n) is 24.2. The summed E-state index contributed by atoms with van der Waals surface area (Å²) in [6, 6.07) is 55.9. The van der Waals surface area contributed by atoms with Crippen LogP contribution in [0.15, 0.2) is 164 Å². The molecular weight excluding hydrogens is 1090 g/mol. The lowest BCUT2D eigenvalue weighted by Crippen LogP contribution is -2.64. The van der Waals surface area contributed by atoms with E-state index in [1.165, 1.54) is 0 Å². The van der Waals surface area contributed by atoms with Crippen LogP contribution in [0.3, 0.4) is 0 Å². The molecule has 11 aromatic carbocycles. The molecule has 87 heavy (non-hydrogen) atoms. The minimum atomic E-state index is -0.915. The number of rotatable bonds is 2. The Bertz CT molecular complexity index is 5040.